The van der Waals surface area contributed by atoms with E-state index in [0.29, 0.717) is 35.8 Å². The Hall–Kier alpha value is -1.06. The molecule has 0 aromatic carbocycles. The van der Waals surface area contributed by atoms with E-state index in [1.165, 1.54) is 6.42 Å². The van der Waals surface area contributed by atoms with Gasteiger partial charge in [-0.05, 0) is 26.2 Å². The van der Waals surface area contributed by atoms with E-state index in [-0.39, 0.29) is 16.5 Å². The highest BCUT2D eigenvalue weighted by Crippen LogP contribution is 2.72. The van der Waals surface area contributed by atoms with Gasteiger partial charge in [0.25, 0.3) is 0 Å². The first kappa shape index (κ1) is 11.6. The van der Waals surface area contributed by atoms with Crippen LogP contribution in [-0.4, -0.2) is 23.2 Å². The second-order valence-electron chi connectivity index (χ2n) is 8.29. The molecule has 4 nitrogen and oxygen atoms in total. The summed E-state index contributed by atoms with van der Waals surface area (Å²) in [5.74, 6) is 2.32. The average molecular weight is 270 g/mol. The zero-order valence-electron chi connectivity index (χ0n) is 12.6. The predicted molar refractivity (Wildman–Crippen MR) is 75.6 cm³/mol. The molecule has 0 aromatic heterocycles. The highest BCUT2D eigenvalue weighted by molar-refractivity contribution is 5.34. The van der Waals surface area contributed by atoms with E-state index in [9.17, 15) is 0 Å². The molecule has 3 aliphatic heterocycles. The number of hydrogen-bond donors (Lipinski definition) is 0. The van der Waals surface area contributed by atoms with Gasteiger partial charge in [-0.3, -0.25) is 0 Å². The quantitative estimate of drug-likeness (QED) is 0.603. The summed E-state index contributed by atoms with van der Waals surface area (Å²) in [5.41, 5.74) is -0.0396. The van der Waals surface area contributed by atoms with E-state index in [0.717, 1.165) is 0 Å². The maximum atomic E-state index is 4.78. The fraction of sp³-hybridized carbons (Fsp3) is 0.875. The highest BCUT2D eigenvalue weighted by atomic mass is 15.3. The van der Waals surface area contributed by atoms with Crippen molar-refractivity contribution in [3.8, 4) is 0 Å². The molecule has 20 heavy (non-hydrogen) atoms. The molecule has 106 valence electrons. The molecule has 4 bridgehead atoms. The second-order valence-corrected chi connectivity index (χ2v) is 8.29. The molecule has 6 aliphatic rings. The van der Waals surface area contributed by atoms with Gasteiger partial charge in [-0.1, -0.05) is 26.0 Å². The van der Waals surface area contributed by atoms with Gasteiger partial charge in [-0.15, -0.1) is 0 Å². The largest absolute Gasteiger partial charge is 0.190 e. The van der Waals surface area contributed by atoms with Gasteiger partial charge in [0, 0.05) is 23.2 Å². The summed E-state index contributed by atoms with van der Waals surface area (Å²) < 4.78 is 0. The van der Waals surface area contributed by atoms with Gasteiger partial charge in [-0.2, -0.15) is 20.5 Å². The third-order valence-electron chi connectivity index (χ3n) is 7.84. The van der Waals surface area contributed by atoms with Crippen molar-refractivity contribution < 1.29 is 0 Å². The van der Waals surface area contributed by atoms with Gasteiger partial charge >= 0.3 is 0 Å². The molecule has 3 aliphatic carbocycles. The molecule has 2 saturated carbocycles. The first-order chi connectivity index (χ1) is 9.42. The molecule has 0 saturated heterocycles. The molecular weight excluding hydrogens is 248 g/mol. The SMILES string of the molecule is CC1(C)[C@@]2(C)N=N[C@]1(C)[C@@H]1[C@@H]3N=N[C@@H]([C@H]4C=CC[C@H]43)[C@@H]12. The summed E-state index contributed by atoms with van der Waals surface area (Å²) in [5, 5.41) is 19.0. The number of nitrogens with zero attached hydrogens (tertiary/aromatic N) is 4. The third-order valence-corrected chi connectivity index (χ3v) is 7.84. The maximum absolute atomic E-state index is 4.78. The van der Waals surface area contributed by atoms with Crippen LogP contribution in [-0.2, 0) is 0 Å². The van der Waals surface area contributed by atoms with E-state index in [2.05, 4.69) is 39.8 Å². The average Bonchev–Trinajstić information content (AvgIpc) is 3.02. The van der Waals surface area contributed by atoms with Crippen molar-refractivity contribution >= 4 is 0 Å². The Morgan fingerprint density at radius 1 is 0.900 bits per heavy atom. The van der Waals surface area contributed by atoms with Crippen molar-refractivity contribution in [1.82, 2.24) is 0 Å². The van der Waals surface area contributed by atoms with Gasteiger partial charge in [0.15, 0.2) is 0 Å². The normalized spacial score (nSPS) is 63.0. The molecule has 0 amide bonds. The van der Waals surface area contributed by atoms with E-state index in [4.69, 9.17) is 20.5 Å². The van der Waals surface area contributed by atoms with Gasteiger partial charge in [0.05, 0.1) is 23.2 Å². The Balaban J connectivity index is 1.75. The van der Waals surface area contributed by atoms with Gasteiger partial charge in [0.2, 0.25) is 0 Å². The number of rotatable bonds is 0. The summed E-state index contributed by atoms with van der Waals surface area (Å²) in [6.07, 6.45) is 5.93. The second kappa shape index (κ2) is 2.93. The van der Waals surface area contributed by atoms with Crippen LogP contribution in [0.25, 0.3) is 0 Å². The molecule has 0 radical (unpaired) electrons. The summed E-state index contributed by atoms with van der Waals surface area (Å²) in [4.78, 5) is 0. The van der Waals surface area contributed by atoms with Crippen LogP contribution in [0, 0.1) is 29.1 Å². The first-order valence-corrected chi connectivity index (χ1v) is 7.92. The molecule has 0 unspecified atom stereocenters. The maximum Gasteiger partial charge on any atom is 0.0916 e. The Morgan fingerprint density at radius 3 is 2.20 bits per heavy atom. The van der Waals surface area contributed by atoms with Crippen LogP contribution in [0.2, 0.25) is 0 Å². The fourth-order valence-corrected chi connectivity index (χ4v) is 6.12. The smallest absolute Gasteiger partial charge is 0.0916 e. The Kier molecular flexibility index (Phi) is 1.70. The lowest BCUT2D eigenvalue weighted by Crippen LogP contribution is -2.58. The molecule has 4 heteroatoms. The minimum Gasteiger partial charge on any atom is -0.190 e. The number of hydrogen-bond acceptors (Lipinski definition) is 4. The number of allylic oxidation sites excluding steroid dienone is 1. The van der Waals surface area contributed by atoms with Gasteiger partial charge in [0.1, 0.15) is 0 Å². The number of azo groups is 2. The lowest BCUT2D eigenvalue weighted by atomic mass is 9.58. The van der Waals surface area contributed by atoms with E-state index in [1.54, 1.807) is 0 Å². The van der Waals surface area contributed by atoms with Gasteiger partial charge in [-0.25, -0.2) is 0 Å². The Morgan fingerprint density at radius 2 is 1.50 bits per heavy atom. The molecule has 6 rings (SSSR count). The molecule has 0 N–H and O–H groups in total. The van der Waals surface area contributed by atoms with Crippen molar-refractivity contribution in [1.29, 1.82) is 0 Å². The highest BCUT2D eigenvalue weighted by Gasteiger charge is 2.79. The molecule has 0 aromatic rings. The summed E-state index contributed by atoms with van der Waals surface area (Å²) in [6.45, 7) is 9.35. The lowest BCUT2D eigenvalue weighted by molar-refractivity contribution is 0.0164. The zero-order valence-corrected chi connectivity index (χ0v) is 12.6. The first-order valence-electron chi connectivity index (χ1n) is 7.92. The molecular formula is C16H22N4. The van der Waals surface area contributed by atoms with E-state index >= 15 is 0 Å². The van der Waals surface area contributed by atoms with Crippen LogP contribution in [0.3, 0.4) is 0 Å². The lowest BCUT2D eigenvalue weighted by Gasteiger charge is -2.52. The van der Waals surface area contributed by atoms with Crippen LogP contribution >= 0.6 is 0 Å². The van der Waals surface area contributed by atoms with Crippen LogP contribution in [0.15, 0.2) is 32.6 Å². The van der Waals surface area contributed by atoms with Crippen LogP contribution in [0.1, 0.15) is 34.1 Å². The van der Waals surface area contributed by atoms with E-state index in [1.807, 2.05) is 0 Å². The summed E-state index contributed by atoms with van der Waals surface area (Å²) in [6, 6.07) is 0.689. The zero-order chi connectivity index (χ0) is 13.9. The molecule has 3 heterocycles. The molecule has 8 atom stereocenters. The fourth-order valence-electron chi connectivity index (χ4n) is 6.12. The standard InChI is InChI=1S/C16H22N4/c1-14(2)15(3)10-11(16(14,4)20-19-15)13-9-7-5-6-8(9)12(10)17-18-13/h5-6,8-13H,7H2,1-4H3/t8-,9+,10+,11-,12-,13+,15-,16+/m0/s1. The Labute approximate surface area is 119 Å². The molecule has 0 spiro atoms. The van der Waals surface area contributed by atoms with Crippen molar-refractivity contribution in [3.63, 3.8) is 0 Å². The Bertz CT molecular complexity index is 591. The van der Waals surface area contributed by atoms with Gasteiger partial charge < -0.3 is 0 Å². The van der Waals surface area contributed by atoms with Crippen molar-refractivity contribution in [2.75, 3.05) is 0 Å². The van der Waals surface area contributed by atoms with Crippen molar-refractivity contribution in [2.45, 2.75) is 57.3 Å². The summed E-state index contributed by atoms with van der Waals surface area (Å²) in [7, 11) is 0. The summed E-state index contributed by atoms with van der Waals surface area (Å²) >= 11 is 0. The topological polar surface area (TPSA) is 49.4 Å². The van der Waals surface area contributed by atoms with Crippen LogP contribution < -0.4 is 0 Å². The predicted octanol–water partition coefficient (Wildman–Crippen LogP) is 3.65. The monoisotopic (exact) mass is 270 g/mol. The van der Waals surface area contributed by atoms with Crippen LogP contribution in [0.4, 0.5) is 0 Å². The van der Waals surface area contributed by atoms with Crippen LogP contribution in [0.5, 0.6) is 0 Å². The van der Waals surface area contributed by atoms with E-state index < -0.39 is 0 Å². The number of fused-ring (bicyclic) bond motifs is 2. The van der Waals surface area contributed by atoms with Crippen molar-refractivity contribution in [3.05, 3.63) is 12.2 Å². The third kappa shape index (κ3) is 0.855. The minimum atomic E-state index is -0.0732. The minimum absolute atomic E-state index is 0.0671. The van der Waals surface area contributed by atoms with Crippen molar-refractivity contribution in [2.24, 2.45) is 49.5 Å². The molecule has 2 fully saturated rings.